The third-order valence-electron chi connectivity index (χ3n) is 2.75. The number of fused-ring (bicyclic) bond motifs is 1. The summed E-state index contributed by atoms with van der Waals surface area (Å²) in [6.45, 7) is 1.84. The summed E-state index contributed by atoms with van der Waals surface area (Å²) in [4.78, 5) is 15.3. The van der Waals surface area contributed by atoms with Gasteiger partial charge in [-0.1, -0.05) is 25.1 Å². The van der Waals surface area contributed by atoms with Gasteiger partial charge in [0.15, 0.2) is 0 Å². The van der Waals surface area contributed by atoms with Gasteiger partial charge in [0.1, 0.15) is 0 Å². The van der Waals surface area contributed by atoms with Gasteiger partial charge in [0.05, 0.1) is 5.52 Å². The van der Waals surface area contributed by atoms with E-state index in [9.17, 15) is 4.79 Å². The smallest absolute Gasteiger partial charge is 0.220 e. The Kier molecular flexibility index (Phi) is 2.86. The molecule has 2 rings (SSSR count). The summed E-state index contributed by atoms with van der Waals surface area (Å²) in [5.74, 6) is -0.410. The van der Waals surface area contributed by atoms with Crippen molar-refractivity contribution < 1.29 is 4.79 Å². The third kappa shape index (κ3) is 2.03. The van der Waals surface area contributed by atoms with Gasteiger partial charge in [-0.25, -0.2) is 0 Å². The Morgan fingerprint density at radius 3 is 2.88 bits per heavy atom. The fourth-order valence-electron chi connectivity index (χ4n) is 1.76. The highest BCUT2D eigenvalue weighted by atomic mass is 16.1. The normalized spacial score (nSPS) is 12.6. The van der Waals surface area contributed by atoms with Crippen LogP contribution in [0.2, 0.25) is 0 Å². The Balaban J connectivity index is 2.41. The van der Waals surface area contributed by atoms with Crippen LogP contribution < -0.4 is 5.73 Å². The molecule has 0 spiro atoms. The Morgan fingerprint density at radius 1 is 1.38 bits per heavy atom. The van der Waals surface area contributed by atoms with Gasteiger partial charge in [0.2, 0.25) is 5.91 Å². The molecule has 1 unspecified atom stereocenters. The van der Waals surface area contributed by atoms with E-state index in [0.29, 0.717) is 6.42 Å². The molecule has 3 nitrogen and oxygen atoms in total. The molecule has 0 aliphatic heterocycles. The van der Waals surface area contributed by atoms with E-state index in [2.05, 4.69) is 4.98 Å². The average molecular weight is 214 g/mol. The van der Waals surface area contributed by atoms with Crippen LogP contribution in [0.15, 0.2) is 36.5 Å². The molecule has 1 amide bonds. The second-order valence-corrected chi connectivity index (χ2v) is 3.99. The average Bonchev–Trinajstić information content (AvgIpc) is 2.29. The molecule has 0 bridgehead atoms. The van der Waals surface area contributed by atoms with Crippen LogP contribution >= 0.6 is 0 Å². The second kappa shape index (κ2) is 4.31. The van der Waals surface area contributed by atoms with Crippen LogP contribution in [0.3, 0.4) is 0 Å². The van der Waals surface area contributed by atoms with Crippen LogP contribution in [-0.4, -0.2) is 10.9 Å². The molecular weight excluding hydrogens is 200 g/mol. The molecule has 1 aromatic carbocycles. The monoisotopic (exact) mass is 214 g/mol. The van der Waals surface area contributed by atoms with Crippen LogP contribution in [0.5, 0.6) is 0 Å². The van der Waals surface area contributed by atoms with Crippen molar-refractivity contribution in [3.8, 4) is 0 Å². The molecule has 2 aromatic rings. The van der Waals surface area contributed by atoms with Gasteiger partial charge in [-0.05, 0) is 24.1 Å². The minimum atomic E-state index is -0.263. The number of nitrogens with zero attached hydrogens (tertiary/aromatic N) is 1. The Hall–Kier alpha value is -1.90. The van der Waals surface area contributed by atoms with Crippen molar-refractivity contribution in [2.45, 2.75) is 13.3 Å². The molecule has 1 heterocycles. The summed E-state index contributed by atoms with van der Waals surface area (Å²) in [5.41, 5.74) is 7.35. The van der Waals surface area contributed by atoms with Crippen molar-refractivity contribution >= 4 is 16.8 Å². The van der Waals surface area contributed by atoms with Crippen molar-refractivity contribution in [3.05, 3.63) is 42.1 Å². The number of aromatic nitrogens is 1. The maximum atomic E-state index is 11.0. The van der Waals surface area contributed by atoms with E-state index in [0.717, 1.165) is 16.5 Å². The number of rotatable bonds is 3. The van der Waals surface area contributed by atoms with E-state index >= 15 is 0 Å². The zero-order valence-electron chi connectivity index (χ0n) is 9.18. The first-order chi connectivity index (χ1) is 7.68. The number of amides is 1. The topological polar surface area (TPSA) is 56.0 Å². The summed E-state index contributed by atoms with van der Waals surface area (Å²) in [6.07, 6.45) is 2.43. The predicted octanol–water partition coefficient (Wildman–Crippen LogP) is 1.90. The first-order valence-corrected chi connectivity index (χ1v) is 5.30. The van der Waals surface area contributed by atoms with Crippen LogP contribution in [0.4, 0.5) is 0 Å². The van der Waals surface area contributed by atoms with E-state index in [1.165, 1.54) is 0 Å². The molecule has 2 N–H and O–H groups in total. The van der Waals surface area contributed by atoms with Gasteiger partial charge >= 0.3 is 0 Å². The van der Waals surface area contributed by atoms with E-state index in [4.69, 9.17) is 5.73 Å². The van der Waals surface area contributed by atoms with Crippen molar-refractivity contribution in [2.75, 3.05) is 0 Å². The van der Waals surface area contributed by atoms with Gasteiger partial charge in [-0.2, -0.15) is 0 Å². The fourth-order valence-corrected chi connectivity index (χ4v) is 1.76. The van der Waals surface area contributed by atoms with Crippen LogP contribution in [0.25, 0.3) is 10.9 Å². The molecular formula is C13H14N2O. The highest BCUT2D eigenvalue weighted by molar-refractivity contribution is 5.83. The number of para-hydroxylation sites is 1. The molecule has 3 heteroatoms. The van der Waals surface area contributed by atoms with E-state index < -0.39 is 0 Å². The molecule has 0 aliphatic carbocycles. The number of benzene rings is 1. The minimum absolute atomic E-state index is 0.147. The van der Waals surface area contributed by atoms with Gasteiger partial charge in [-0.15, -0.1) is 0 Å². The van der Waals surface area contributed by atoms with Crippen LogP contribution in [-0.2, 0) is 11.2 Å². The summed E-state index contributed by atoms with van der Waals surface area (Å²) in [7, 11) is 0. The lowest BCUT2D eigenvalue weighted by atomic mass is 9.98. The van der Waals surface area contributed by atoms with Crippen molar-refractivity contribution in [1.82, 2.24) is 4.98 Å². The van der Waals surface area contributed by atoms with E-state index in [-0.39, 0.29) is 11.8 Å². The molecule has 16 heavy (non-hydrogen) atoms. The first kappa shape index (κ1) is 10.6. The molecule has 0 fully saturated rings. The SMILES string of the molecule is CC(Cc1ccnc2ccccc12)C(N)=O. The maximum Gasteiger partial charge on any atom is 0.220 e. The van der Waals surface area contributed by atoms with E-state index in [1.54, 1.807) is 6.20 Å². The first-order valence-electron chi connectivity index (χ1n) is 5.30. The summed E-state index contributed by atoms with van der Waals surface area (Å²) >= 11 is 0. The fraction of sp³-hybridized carbons (Fsp3) is 0.231. The summed E-state index contributed by atoms with van der Waals surface area (Å²) in [6, 6.07) is 9.86. The Morgan fingerprint density at radius 2 is 2.12 bits per heavy atom. The number of nitrogens with two attached hydrogens (primary N) is 1. The van der Waals surface area contributed by atoms with Crippen LogP contribution in [0, 0.1) is 5.92 Å². The molecule has 0 saturated carbocycles. The number of hydrogen-bond acceptors (Lipinski definition) is 2. The van der Waals surface area contributed by atoms with Gasteiger partial charge < -0.3 is 5.73 Å². The lowest BCUT2D eigenvalue weighted by Crippen LogP contribution is -2.22. The maximum absolute atomic E-state index is 11.0. The molecule has 82 valence electrons. The third-order valence-corrected chi connectivity index (χ3v) is 2.75. The van der Waals surface area contributed by atoms with Crippen molar-refractivity contribution in [2.24, 2.45) is 11.7 Å². The predicted molar refractivity (Wildman–Crippen MR) is 63.8 cm³/mol. The Labute approximate surface area is 94.3 Å². The van der Waals surface area contributed by atoms with Crippen molar-refractivity contribution in [1.29, 1.82) is 0 Å². The second-order valence-electron chi connectivity index (χ2n) is 3.99. The van der Waals surface area contributed by atoms with E-state index in [1.807, 2.05) is 37.3 Å². The standard InChI is InChI=1S/C13H14N2O/c1-9(13(14)16)8-10-6-7-15-12-5-3-2-4-11(10)12/h2-7,9H,8H2,1H3,(H2,14,16). The van der Waals surface area contributed by atoms with Crippen LogP contribution in [0.1, 0.15) is 12.5 Å². The molecule has 1 atom stereocenters. The number of carbonyl (C=O) groups excluding carboxylic acids is 1. The highest BCUT2D eigenvalue weighted by Crippen LogP contribution is 2.19. The largest absolute Gasteiger partial charge is 0.369 e. The zero-order chi connectivity index (χ0) is 11.5. The number of pyridine rings is 1. The highest BCUT2D eigenvalue weighted by Gasteiger charge is 2.11. The molecule has 1 aromatic heterocycles. The van der Waals surface area contributed by atoms with Gasteiger partial charge in [-0.3, -0.25) is 9.78 Å². The summed E-state index contributed by atoms with van der Waals surface area (Å²) < 4.78 is 0. The van der Waals surface area contributed by atoms with Gasteiger partial charge in [0, 0.05) is 17.5 Å². The van der Waals surface area contributed by atoms with Crippen molar-refractivity contribution in [3.63, 3.8) is 0 Å². The summed E-state index contributed by atoms with van der Waals surface area (Å²) in [5, 5.41) is 1.10. The number of carbonyl (C=O) groups is 1. The Bertz CT molecular complexity index is 517. The lowest BCUT2D eigenvalue weighted by molar-refractivity contribution is -0.121. The minimum Gasteiger partial charge on any atom is -0.369 e. The number of primary amides is 1. The molecule has 0 aliphatic rings. The molecule has 0 radical (unpaired) electrons. The number of hydrogen-bond donors (Lipinski definition) is 1. The molecule has 0 saturated heterocycles. The van der Waals surface area contributed by atoms with Gasteiger partial charge in [0.25, 0.3) is 0 Å². The quantitative estimate of drug-likeness (QED) is 0.848. The zero-order valence-corrected chi connectivity index (χ0v) is 9.18. The lowest BCUT2D eigenvalue weighted by Gasteiger charge is -2.09.